The zero-order valence-corrected chi connectivity index (χ0v) is 18.0. The number of thiophene rings is 1. The molecule has 7 heteroatoms. The Labute approximate surface area is 167 Å². The van der Waals surface area contributed by atoms with E-state index in [9.17, 15) is 0 Å². The average Bonchev–Trinajstić information content (AvgIpc) is 3.16. The molecule has 0 amide bonds. The molecule has 26 heavy (non-hydrogen) atoms. The molecule has 0 saturated carbocycles. The summed E-state index contributed by atoms with van der Waals surface area (Å²) in [6.07, 6.45) is 4.88. The highest BCUT2D eigenvalue weighted by atomic mass is 32.2. The first kappa shape index (κ1) is 21.5. The van der Waals surface area contributed by atoms with Crippen molar-refractivity contribution in [3.05, 3.63) is 22.4 Å². The molecule has 1 fully saturated rings. The van der Waals surface area contributed by atoms with Crippen molar-refractivity contribution in [3.8, 4) is 0 Å². The van der Waals surface area contributed by atoms with E-state index < -0.39 is 0 Å². The Hall–Kier alpha value is -0.760. The molecule has 2 unspecified atom stereocenters. The third-order valence-electron chi connectivity index (χ3n) is 4.42. The lowest BCUT2D eigenvalue weighted by molar-refractivity contribution is -0.0327. The SMILES string of the molecule is CCNC(=NCC(c1cccs1)N1CCOC(C)C1)NCCCCSC. The van der Waals surface area contributed by atoms with Gasteiger partial charge >= 0.3 is 0 Å². The van der Waals surface area contributed by atoms with Gasteiger partial charge in [0.25, 0.3) is 0 Å². The standard InChI is InChI=1S/C19H34N4OS2/c1-4-20-19(21-9-5-6-12-25-3)22-14-17(18-8-7-13-26-18)23-10-11-24-16(2)15-23/h7-8,13,16-17H,4-6,9-12,14-15H2,1-3H3,(H2,20,21,22). The van der Waals surface area contributed by atoms with E-state index >= 15 is 0 Å². The van der Waals surface area contributed by atoms with Crippen molar-refractivity contribution in [1.82, 2.24) is 15.5 Å². The van der Waals surface area contributed by atoms with Crippen LogP contribution in [-0.4, -0.2) is 68.3 Å². The number of unbranched alkanes of at least 4 members (excludes halogenated alkanes) is 1. The number of morpholine rings is 1. The predicted octanol–water partition coefficient (Wildman–Crippen LogP) is 3.21. The summed E-state index contributed by atoms with van der Waals surface area (Å²) in [5.41, 5.74) is 0. The van der Waals surface area contributed by atoms with Crippen LogP contribution in [0.2, 0.25) is 0 Å². The van der Waals surface area contributed by atoms with Crippen molar-refractivity contribution in [1.29, 1.82) is 0 Å². The normalized spacial score (nSPS) is 20.1. The van der Waals surface area contributed by atoms with E-state index in [0.29, 0.717) is 6.04 Å². The van der Waals surface area contributed by atoms with Crippen molar-refractivity contribution >= 4 is 29.1 Å². The second-order valence-corrected chi connectivity index (χ2v) is 8.52. The maximum atomic E-state index is 5.72. The van der Waals surface area contributed by atoms with Gasteiger partial charge in [-0.3, -0.25) is 9.89 Å². The van der Waals surface area contributed by atoms with Gasteiger partial charge in [0.15, 0.2) is 5.96 Å². The molecule has 148 valence electrons. The first-order chi connectivity index (χ1) is 12.7. The highest BCUT2D eigenvalue weighted by molar-refractivity contribution is 7.98. The summed E-state index contributed by atoms with van der Waals surface area (Å²) in [4.78, 5) is 8.81. The third-order valence-corrected chi connectivity index (χ3v) is 6.09. The van der Waals surface area contributed by atoms with Crippen LogP contribution in [0.25, 0.3) is 0 Å². The molecular formula is C19H34N4OS2. The van der Waals surface area contributed by atoms with Crippen LogP contribution in [0.4, 0.5) is 0 Å². The van der Waals surface area contributed by atoms with Crippen molar-refractivity contribution < 1.29 is 4.74 Å². The summed E-state index contributed by atoms with van der Waals surface area (Å²) in [7, 11) is 0. The van der Waals surface area contributed by atoms with Gasteiger partial charge in [-0.05, 0) is 50.1 Å². The van der Waals surface area contributed by atoms with Gasteiger partial charge < -0.3 is 15.4 Å². The Kier molecular flexibility index (Phi) is 10.4. The van der Waals surface area contributed by atoms with E-state index in [1.54, 1.807) is 0 Å². The van der Waals surface area contributed by atoms with Crippen LogP contribution in [0.3, 0.4) is 0 Å². The predicted molar refractivity (Wildman–Crippen MR) is 116 cm³/mol. The van der Waals surface area contributed by atoms with Gasteiger partial charge in [0.05, 0.1) is 25.3 Å². The minimum absolute atomic E-state index is 0.290. The van der Waals surface area contributed by atoms with Gasteiger partial charge in [0.2, 0.25) is 0 Å². The number of guanidine groups is 1. The second-order valence-electron chi connectivity index (χ2n) is 6.55. The monoisotopic (exact) mass is 398 g/mol. The first-order valence-electron chi connectivity index (χ1n) is 9.64. The smallest absolute Gasteiger partial charge is 0.191 e. The second kappa shape index (κ2) is 12.6. The number of ether oxygens (including phenoxy) is 1. The van der Waals surface area contributed by atoms with E-state index in [2.05, 4.69) is 53.1 Å². The maximum Gasteiger partial charge on any atom is 0.191 e. The number of hydrogen-bond acceptors (Lipinski definition) is 5. The molecular weight excluding hydrogens is 364 g/mol. The van der Waals surface area contributed by atoms with Crippen LogP contribution in [0.5, 0.6) is 0 Å². The van der Waals surface area contributed by atoms with E-state index in [1.807, 2.05) is 23.1 Å². The van der Waals surface area contributed by atoms with Gasteiger partial charge in [0.1, 0.15) is 0 Å². The number of nitrogens with one attached hydrogen (secondary N) is 2. The molecule has 0 aliphatic carbocycles. The lowest BCUT2D eigenvalue weighted by atomic mass is 10.1. The quantitative estimate of drug-likeness (QED) is 0.360. The van der Waals surface area contributed by atoms with Gasteiger partial charge in [0, 0.05) is 31.1 Å². The number of thioether (sulfide) groups is 1. The summed E-state index contributed by atoms with van der Waals surface area (Å²) in [5.74, 6) is 2.16. The van der Waals surface area contributed by atoms with Gasteiger partial charge in [-0.25, -0.2) is 0 Å². The summed E-state index contributed by atoms with van der Waals surface area (Å²) in [5, 5.41) is 9.02. The first-order valence-corrected chi connectivity index (χ1v) is 11.9. The zero-order chi connectivity index (χ0) is 18.6. The van der Waals surface area contributed by atoms with Gasteiger partial charge in [-0.15, -0.1) is 11.3 Å². The van der Waals surface area contributed by atoms with Crippen molar-refractivity contribution in [2.45, 2.75) is 38.8 Å². The fraction of sp³-hybridized carbons (Fsp3) is 0.737. The highest BCUT2D eigenvalue weighted by Crippen LogP contribution is 2.27. The molecule has 1 aliphatic rings. The van der Waals surface area contributed by atoms with Gasteiger partial charge in [-0.1, -0.05) is 6.07 Å². The topological polar surface area (TPSA) is 48.9 Å². The molecule has 2 atom stereocenters. The third kappa shape index (κ3) is 7.47. The van der Waals surface area contributed by atoms with Crippen molar-refractivity contribution in [2.75, 3.05) is 51.3 Å². The Morgan fingerprint density at radius 1 is 1.46 bits per heavy atom. The van der Waals surface area contributed by atoms with Crippen LogP contribution in [0, 0.1) is 0 Å². The Morgan fingerprint density at radius 3 is 3.04 bits per heavy atom. The molecule has 1 aliphatic heterocycles. The molecule has 0 aromatic carbocycles. The van der Waals surface area contributed by atoms with E-state index in [0.717, 1.165) is 45.3 Å². The minimum Gasteiger partial charge on any atom is -0.376 e. The Morgan fingerprint density at radius 2 is 2.35 bits per heavy atom. The number of nitrogens with zero attached hydrogens (tertiary/aromatic N) is 2. The molecule has 0 spiro atoms. The molecule has 1 aromatic heterocycles. The molecule has 5 nitrogen and oxygen atoms in total. The van der Waals surface area contributed by atoms with Crippen LogP contribution in [0.15, 0.2) is 22.5 Å². The van der Waals surface area contributed by atoms with Crippen molar-refractivity contribution in [2.24, 2.45) is 4.99 Å². The largest absolute Gasteiger partial charge is 0.376 e. The molecule has 2 heterocycles. The fourth-order valence-electron chi connectivity index (χ4n) is 3.09. The molecule has 1 saturated heterocycles. The van der Waals surface area contributed by atoms with Crippen LogP contribution < -0.4 is 10.6 Å². The molecule has 2 rings (SSSR count). The van der Waals surface area contributed by atoms with Crippen LogP contribution in [0.1, 0.15) is 37.6 Å². The Bertz CT molecular complexity index is 510. The average molecular weight is 399 g/mol. The number of aliphatic imine (C=N–C) groups is 1. The number of hydrogen-bond donors (Lipinski definition) is 2. The van der Waals surface area contributed by atoms with Gasteiger partial charge in [-0.2, -0.15) is 11.8 Å². The molecule has 0 bridgehead atoms. The van der Waals surface area contributed by atoms with Crippen LogP contribution >= 0.6 is 23.1 Å². The molecule has 1 aromatic rings. The number of rotatable bonds is 10. The van der Waals surface area contributed by atoms with Crippen LogP contribution in [-0.2, 0) is 4.74 Å². The summed E-state index contributed by atoms with van der Waals surface area (Å²) < 4.78 is 5.72. The molecule has 2 N–H and O–H groups in total. The lowest BCUT2D eigenvalue weighted by Gasteiger charge is -2.36. The highest BCUT2D eigenvalue weighted by Gasteiger charge is 2.26. The zero-order valence-electron chi connectivity index (χ0n) is 16.4. The fourth-order valence-corrected chi connectivity index (χ4v) is 4.44. The van der Waals surface area contributed by atoms with E-state index in [1.165, 1.54) is 23.5 Å². The maximum absolute atomic E-state index is 5.72. The Balaban J connectivity index is 1.96. The summed E-state index contributed by atoms with van der Waals surface area (Å²) in [6, 6.07) is 4.69. The molecule has 0 radical (unpaired) electrons. The van der Waals surface area contributed by atoms with Crippen molar-refractivity contribution in [3.63, 3.8) is 0 Å². The van der Waals surface area contributed by atoms with E-state index in [4.69, 9.17) is 9.73 Å². The summed E-state index contributed by atoms with van der Waals surface area (Å²) >= 11 is 3.73. The minimum atomic E-state index is 0.290. The van der Waals surface area contributed by atoms with E-state index in [-0.39, 0.29) is 6.10 Å². The lowest BCUT2D eigenvalue weighted by Crippen LogP contribution is -2.44. The summed E-state index contributed by atoms with van der Waals surface area (Å²) in [6.45, 7) is 9.65.